The number of ketones is 1. The Morgan fingerprint density at radius 1 is 1.12 bits per heavy atom. The second-order valence-electron chi connectivity index (χ2n) is 10.0. The Balaban J connectivity index is 0.000000370. The SMILES string of the molecule is CC(C)(C)S(C)(C)C.CCCCC.COc1ncccc1-c1c(C(C)=O)[nH]c2ccc(O)cc12. The van der Waals surface area contributed by atoms with Gasteiger partial charge in [-0.25, -0.2) is 15.0 Å². The number of fused-ring (bicyclic) bond motifs is 1. The Labute approximate surface area is 207 Å². The van der Waals surface area contributed by atoms with Gasteiger partial charge in [-0.3, -0.25) is 4.79 Å². The highest BCUT2D eigenvalue weighted by molar-refractivity contribution is 8.33. The van der Waals surface area contributed by atoms with Crippen molar-refractivity contribution in [1.82, 2.24) is 9.97 Å². The van der Waals surface area contributed by atoms with E-state index < -0.39 is 0 Å². The molecular weight excluding hydrogens is 444 g/mol. The molecule has 0 fully saturated rings. The first-order valence-corrected chi connectivity index (χ1v) is 14.7. The van der Waals surface area contributed by atoms with E-state index >= 15 is 0 Å². The standard InChI is InChI=1S/C16H14N2O3.C7H18S.C5H12/c1-9(19)15-14(11-4-3-7-17-16(11)21-2)12-8-10(20)5-6-13(12)18-15;1-7(2,3)8(4,5)6;1-3-5-4-2/h3-8,18,20H,1-2H3;1-6H3;3-5H2,1-2H3. The van der Waals surface area contributed by atoms with E-state index in [0.717, 1.165) is 10.9 Å². The van der Waals surface area contributed by atoms with Crippen LogP contribution in [0.15, 0.2) is 36.5 Å². The molecule has 190 valence electrons. The predicted octanol–water partition coefficient (Wildman–Crippen LogP) is 7.82. The molecule has 2 N–H and O–H groups in total. The van der Waals surface area contributed by atoms with E-state index in [1.54, 1.807) is 30.5 Å². The van der Waals surface area contributed by atoms with E-state index in [4.69, 9.17) is 4.74 Å². The first-order valence-electron chi connectivity index (χ1n) is 11.8. The highest BCUT2D eigenvalue weighted by Gasteiger charge is 2.22. The lowest BCUT2D eigenvalue weighted by molar-refractivity contribution is 0.101. The van der Waals surface area contributed by atoms with Crippen LogP contribution in [0, 0.1) is 0 Å². The maximum Gasteiger partial charge on any atom is 0.221 e. The van der Waals surface area contributed by atoms with Gasteiger partial charge in [-0.15, -0.1) is 0 Å². The number of nitrogens with one attached hydrogen (secondary N) is 1. The summed E-state index contributed by atoms with van der Waals surface area (Å²) < 4.78 is 5.81. The number of aromatic nitrogens is 2. The minimum atomic E-state index is -0.340. The van der Waals surface area contributed by atoms with Crippen LogP contribution >= 0.6 is 10.0 Å². The van der Waals surface area contributed by atoms with Crippen LogP contribution in [-0.2, 0) is 0 Å². The number of phenols is 1. The maximum atomic E-state index is 11.9. The van der Waals surface area contributed by atoms with Crippen molar-refractivity contribution < 1.29 is 14.6 Å². The number of hydrogen-bond donors (Lipinski definition) is 2. The largest absolute Gasteiger partial charge is 0.508 e. The fourth-order valence-electron chi connectivity index (χ4n) is 2.82. The van der Waals surface area contributed by atoms with Crippen molar-refractivity contribution in [3.8, 4) is 22.8 Å². The average Bonchev–Trinajstić information content (AvgIpc) is 3.12. The zero-order valence-corrected chi connectivity index (χ0v) is 23.5. The average molecular weight is 489 g/mol. The Kier molecular flexibility index (Phi) is 11.2. The lowest BCUT2D eigenvalue weighted by atomic mass is 10.0. The third kappa shape index (κ3) is 8.08. The van der Waals surface area contributed by atoms with Crippen molar-refractivity contribution in [1.29, 1.82) is 0 Å². The van der Waals surface area contributed by atoms with Crippen molar-refractivity contribution in [2.24, 2.45) is 0 Å². The van der Waals surface area contributed by atoms with Gasteiger partial charge in [0.1, 0.15) is 5.75 Å². The molecule has 0 aliphatic carbocycles. The molecule has 34 heavy (non-hydrogen) atoms. The van der Waals surface area contributed by atoms with Crippen molar-refractivity contribution in [3.05, 3.63) is 42.2 Å². The molecule has 1 aromatic carbocycles. The fourth-order valence-corrected chi connectivity index (χ4v) is 2.82. The van der Waals surface area contributed by atoms with Crippen molar-refractivity contribution in [2.75, 3.05) is 25.9 Å². The molecule has 3 rings (SSSR count). The summed E-state index contributed by atoms with van der Waals surface area (Å²) in [5, 5.41) is 10.5. The van der Waals surface area contributed by atoms with Crippen LogP contribution in [0.3, 0.4) is 0 Å². The second-order valence-corrected chi connectivity index (χ2v) is 14.9. The lowest BCUT2D eigenvalue weighted by Crippen LogP contribution is -2.21. The zero-order valence-electron chi connectivity index (χ0n) is 22.7. The number of aromatic amines is 1. The highest BCUT2D eigenvalue weighted by atomic mass is 32.3. The third-order valence-electron chi connectivity index (χ3n) is 5.91. The number of Topliss-reactive ketones (excluding diaryl/α,β-unsaturated/α-hetero) is 1. The molecule has 6 heteroatoms. The van der Waals surface area contributed by atoms with Gasteiger partial charge < -0.3 is 14.8 Å². The third-order valence-corrected chi connectivity index (χ3v) is 9.59. The Hall–Kier alpha value is -2.47. The number of nitrogens with zero attached hydrogens (tertiary/aromatic N) is 1. The smallest absolute Gasteiger partial charge is 0.221 e. The molecule has 0 unspecified atom stereocenters. The Bertz CT molecular complexity index is 1050. The van der Waals surface area contributed by atoms with Crippen molar-refractivity contribution >= 4 is 26.7 Å². The van der Waals surface area contributed by atoms with Crippen molar-refractivity contribution in [2.45, 2.75) is 65.6 Å². The number of hydrogen-bond acceptors (Lipinski definition) is 4. The topological polar surface area (TPSA) is 75.2 Å². The number of carbonyl (C=O) groups excluding carboxylic acids is 1. The molecule has 0 atom stereocenters. The first kappa shape index (κ1) is 29.6. The van der Waals surface area contributed by atoms with E-state index in [-0.39, 0.29) is 21.6 Å². The highest BCUT2D eigenvalue weighted by Crippen LogP contribution is 2.48. The van der Waals surface area contributed by atoms with Crippen LogP contribution in [-0.4, -0.2) is 51.5 Å². The van der Waals surface area contributed by atoms with Gasteiger partial charge in [-0.1, -0.05) is 53.9 Å². The minimum Gasteiger partial charge on any atom is -0.508 e. The van der Waals surface area contributed by atoms with E-state index in [1.807, 2.05) is 6.07 Å². The maximum absolute atomic E-state index is 11.9. The number of phenolic OH excluding ortho intramolecular Hbond substituents is 1. The van der Waals surface area contributed by atoms with E-state index in [9.17, 15) is 9.90 Å². The number of carbonyl (C=O) groups is 1. The molecular formula is C28H44N2O3S. The van der Waals surface area contributed by atoms with Crippen LogP contribution < -0.4 is 4.74 Å². The molecule has 2 aromatic heterocycles. The normalized spacial score (nSPS) is 11.7. The van der Waals surface area contributed by atoms with Crippen LogP contribution in [0.25, 0.3) is 22.0 Å². The van der Waals surface area contributed by atoms with Gasteiger partial charge in [0.2, 0.25) is 5.88 Å². The summed E-state index contributed by atoms with van der Waals surface area (Å²) in [5.74, 6) is 0.483. The number of rotatable bonds is 5. The number of unbranched alkanes of at least 4 members (excludes halogenated alkanes) is 2. The quantitative estimate of drug-likeness (QED) is 0.359. The van der Waals surface area contributed by atoms with Gasteiger partial charge in [0, 0.05) is 35.2 Å². The monoisotopic (exact) mass is 488 g/mol. The van der Waals surface area contributed by atoms with Gasteiger partial charge in [0.05, 0.1) is 12.8 Å². The summed E-state index contributed by atoms with van der Waals surface area (Å²) in [7, 11) is 1.19. The molecule has 0 radical (unpaired) electrons. The number of pyridine rings is 1. The fraction of sp³-hybridized carbons (Fsp3) is 0.500. The summed E-state index contributed by atoms with van der Waals surface area (Å²) in [6.45, 7) is 12.8. The van der Waals surface area contributed by atoms with Gasteiger partial charge >= 0.3 is 0 Å². The summed E-state index contributed by atoms with van der Waals surface area (Å²) in [6.07, 6.45) is 12.8. The molecule has 0 aliphatic rings. The van der Waals surface area contributed by atoms with E-state index in [1.165, 1.54) is 33.3 Å². The summed E-state index contributed by atoms with van der Waals surface area (Å²) in [6, 6.07) is 8.56. The number of methoxy groups -OCH3 is 1. The van der Waals surface area contributed by atoms with Crippen LogP contribution in [0.2, 0.25) is 0 Å². The van der Waals surface area contributed by atoms with Gasteiger partial charge in [0.15, 0.2) is 5.78 Å². The van der Waals surface area contributed by atoms with E-state index in [0.29, 0.717) is 27.4 Å². The number of aromatic hydroxyl groups is 1. The molecule has 5 nitrogen and oxygen atoms in total. The Morgan fingerprint density at radius 3 is 2.15 bits per heavy atom. The molecule has 3 aromatic rings. The van der Waals surface area contributed by atoms with E-state index in [2.05, 4.69) is 63.4 Å². The zero-order chi connectivity index (χ0) is 26.1. The second kappa shape index (κ2) is 12.8. The Morgan fingerprint density at radius 2 is 1.71 bits per heavy atom. The van der Waals surface area contributed by atoms with Crippen LogP contribution in [0.4, 0.5) is 0 Å². The number of H-pyrrole nitrogens is 1. The summed E-state index contributed by atoms with van der Waals surface area (Å²) in [4.78, 5) is 19.2. The summed E-state index contributed by atoms with van der Waals surface area (Å²) >= 11 is 0. The van der Waals surface area contributed by atoms with Gasteiger partial charge in [0.25, 0.3) is 0 Å². The predicted molar refractivity (Wildman–Crippen MR) is 150 cm³/mol. The molecule has 2 heterocycles. The first-order chi connectivity index (χ1) is 15.8. The number of ether oxygens (including phenoxy) is 1. The summed E-state index contributed by atoms with van der Waals surface area (Å²) in [5.41, 5.74) is 2.65. The molecule has 0 saturated carbocycles. The molecule has 0 amide bonds. The van der Waals surface area contributed by atoms with Crippen LogP contribution in [0.1, 0.15) is 71.3 Å². The number of benzene rings is 1. The van der Waals surface area contributed by atoms with Gasteiger partial charge in [-0.2, -0.15) is 0 Å². The minimum absolute atomic E-state index is 0.0911. The van der Waals surface area contributed by atoms with Gasteiger partial charge in [-0.05, 0) is 53.8 Å². The lowest BCUT2D eigenvalue weighted by Gasteiger charge is -2.40. The molecule has 0 bridgehead atoms. The molecule has 0 aliphatic heterocycles. The van der Waals surface area contributed by atoms with Crippen molar-refractivity contribution in [3.63, 3.8) is 0 Å². The molecule has 0 spiro atoms. The molecule has 0 saturated heterocycles. The van der Waals surface area contributed by atoms with Crippen LogP contribution in [0.5, 0.6) is 11.6 Å².